The van der Waals surface area contributed by atoms with Crippen LogP contribution >= 0.6 is 11.8 Å². The second-order valence-corrected chi connectivity index (χ2v) is 11.0. The van der Waals surface area contributed by atoms with Crippen LogP contribution in [0, 0.1) is 5.41 Å². The van der Waals surface area contributed by atoms with Crippen molar-refractivity contribution in [2.45, 2.75) is 51.6 Å². The summed E-state index contributed by atoms with van der Waals surface area (Å²) in [6.07, 6.45) is 1.81. The Balaban J connectivity index is 1.68. The molecule has 3 rings (SSSR count). The predicted octanol–water partition coefficient (Wildman–Crippen LogP) is 4.65. The van der Waals surface area contributed by atoms with E-state index in [4.69, 9.17) is 4.74 Å². The third-order valence-corrected chi connectivity index (χ3v) is 6.64. The molecule has 7 nitrogen and oxygen atoms in total. The van der Waals surface area contributed by atoms with Gasteiger partial charge in [0.1, 0.15) is 18.7 Å². The van der Waals surface area contributed by atoms with Gasteiger partial charge in [-0.1, -0.05) is 69.3 Å². The van der Waals surface area contributed by atoms with Crippen molar-refractivity contribution >= 4 is 29.7 Å². The van der Waals surface area contributed by atoms with Crippen molar-refractivity contribution in [2.75, 3.05) is 18.6 Å². The summed E-state index contributed by atoms with van der Waals surface area (Å²) in [6, 6.07) is 14.2. The molecule has 0 saturated carbocycles. The summed E-state index contributed by atoms with van der Waals surface area (Å²) in [5, 5.41) is 14.7. The number of hydrogen-bond donors (Lipinski definition) is 3. The SMILES string of the molecule is CSCC[C@H](NC(=O)C(CC(C)(C)C)NC(=O)OCC1c2ccccc2-c2ccccc21)C(=O)O. The number of amides is 2. The molecular weight excluding hydrogens is 464 g/mol. The quantitative estimate of drug-likeness (QED) is 0.440. The Hall–Kier alpha value is -3.00. The van der Waals surface area contributed by atoms with Crippen LogP contribution in [0.5, 0.6) is 0 Å². The number of benzene rings is 2. The minimum Gasteiger partial charge on any atom is -0.480 e. The van der Waals surface area contributed by atoms with Crippen LogP contribution in [0.1, 0.15) is 50.7 Å². The van der Waals surface area contributed by atoms with Crippen LogP contribution in [0.2, 0.25) is 0 Å². The first-order valence-corrected chi connectivity index (χ1v) is 13.1. The van der Waals surface area contributed by atoms with Gasteiger partial charge in [0, 0.05) is 5.92 Å². The average Bonchev–Trinajstić information content (AvgIpc) is 3.12. The molecule has 2 atom stereocenters. The van der Waals surface area contributed by atoms with Crippen LogP contribution in [0.4, 0.5) is 4.79 Å². The molecule has 35 heavy (non-hydrogen) atoms. The van der Waals surface area contributed by atoms with Crippen LogP contribution in [-0.4, -0.2) is 53.8 Å². The summed E-state index contributed by atoms with van der Waals surface area (Å²) in [4.78, 5) is 37.3. The van der Waals surface area contributed by atoms with Gasteiger partial charge >= 0.3 is 12.1 Å². The Bertz CT molecular complexity index is 1020. The number of carbonyl (C=O) groups excluding carboxylic acids is 2. The molecule has 0 spiro atoms. The summed E-state index contributed by atoms with van der Waals surface area (Å²) in [5.74, 6) is -1.11. The molecule has 188 valence electrons. The molecule has 2 aromatic carbocycles. The predicted molar refractivity (Wildman–Crippen MR) is 139 cm³/mol. The van der Waals surface area contributed by atoms with Crippen molar-refractivity contribution < 1.29 is 24.2 Å². The summed E-state index contributed by atoms with van der Waals surface area (Å²) in [7, 11) is 0. The fraction of sp³-hybridized carbons (Fsp3) is 0.444. The normalized spacial score (nSPS) is 14.4. The maximum Gasteiger partial charge on any atom is 0.407 e. The van der Waals surface area contributed by atoms with Gasteiger partial charge in [-0.15, -0.1) is 0 Å². The number of ether oxygens (including phenoxy) is 1. The number of rotatable bonds is 10. The molecule has 1 aliphatic rings. The lowest BCUT2D eigenvalue weighted by Gasteiger charge is -2.27. The lowest BCUT2D eigenvalue weighted by molar-refractivity contribution is -0.142. The second kappa shape index (κ2) is 11.6. The molecule has 0 fully saturated rings. The number of alkyl carbamates (subject to hydrolysis) is 1. The van der Waals surface area contributed by atoms with Crippen LogP contribution in [-0.2, 0) is 14.3 Å². The fourth-order valence-electron chi connectivity index (χ4n) is 4.37. The molecule has 1 unspecified atom stereocenters. The number of hydrogen-bond acceptors (Lipinski definition) is 5. The van der Waals surface area contributed by atoms with Crippen LogP contribution in [0.3, 0.4) is 0 Å². The highest BCUT2D eigenvalue weighted by Crippen LogP contribution is 2.44. The summed E-state index contributed by atoms with van der Waals surface area (Å²) >= 11 is 1.51. The fourth-order valence-corrected chi connectivity index (χ4v) is 4.84. The highest BCUT2D eigenvalue weighted by Gasteiger charge is 2.32. The van der Waals surface area contributed by atoms with E-state index in [-0.39, 0.29) is 17.9 Å². The van der Waals surface area contributed by atoms with Crippen molar-refractivity contribution in [3.05, 3.63) is 59.7 Å². The van der Waals surface area contributed by atoms with Crippen molar-refractivity contribution in [1.82, 2.24) is 10.6 Å². The number of fused-ring (bicyclic) bond motifs is 3. The highest BCUT2D eigenvalue weighted by atomic mass is 32.2. The third kappa shape index (κ3) is 7.01. The van der Waals surface area contributed by atoms with E-state index in [2.05, 4.69) is 22.8 Å². The van der Waals surface area contributed by atoms with Crippen LogP contribution in [0.25, 0.3) is 11.1 Å². The van der Waals surface area contributed by atoms with Gasteiger partial charge in [0.15, 0.2) is 0 Å². The van der Waals surface area contributed by atoms with E-state index >= 15 is 0 Å². The van der Waals surface area contributed by atoms with Gasteiger partial charge in [-0.05, 0) is 52.5 Å². The first-order chi connectivity index (χ1) is 16.6. The van der Waals surface area contributed by atoms with E-state index in [9.17, 15) is 19.5 Å². The Labute approximate surface area is 211 Å². The summed E-state index contributed by atoms with van der Waals surface area (Å²) in [6.45, 7) is 5.99. The summed E-state index contributed by atoms with van der Waals surface area (Å²) in [5.41, 5.74) is 4.18. The van der Waals surface area contributed by atoms with Gasteiger partial charge in [0.25, 0.3) is 0 Å². The number of carbonyl (C=O) groups is 3. The Kier molecular flexibility index (Phi) is 8.83. The lowest BCUT2D eigenvalue weighted by atomic mass is 9.87. The van der Waals surface area contributed by atoms with Gasteiger partial charge in [0.05, 0.1) is 0 Å². The monoisotopic (exact) mass is 498 g/mol. The molecule has 8 heteroatoms. The minimum atomic E-state index is -1.09. The molecule has 0 heterocycles. The largest absolute Gasteiger partial charge is 0.480 e. The second-order valence-electron chi connectivity index (χ2n) is 9.97. The smallest absolute Gasteiger partial charge is 0.407 e. The van der Waals surface area contributed by atoms with Crippen molar-refractivity contribution in [3.8, 4) is 11.1 Å². The highest BCUT2D eigenvalue weighted by molar-refractivity contribution is 7.98. The molecule has 0 bridgehead atoms. The molecule has 0 aromatic heterocycles. The van der Waals surface area contributed by atoms with Gasteiger partial charge in [-0.3, -0.25) is 4.79 Å². The molecule has 0 saturated heterocycles. The van der Waals surface area contributed by atoms with E-state index in [0.29, 0.717) is 18.6 Å². The van der Waals surface area contributed by atoms with E-state index < -0.39 is 30.1 Å². The standard InChI is InChI=1S/C27H34N2O5S/c1-27(2,3)15-23(24(30)28-22(25(31)32)13-14-35-4)29-26(33)34-16-21-19-11-7-5-9-17(19)18-10-6-8-12-20(18)21/h5-12,21-23H,13-16H2,1-4H3,(H,28,30)(H,29,33)(H,31,32)/t22-,23?/m0/s1. The zero-order valence-electron chi connectivity index (χ0n) is 20.7. The first-order valence-electron chi connectivity index (χ1n) is 11.7. The maximum atomic E-state index is 13.0. The Morgan fingerprint density at radius 3 is 2.06 bits per heavy atom. The zero-order chi connectivity index (χ0) is 25.6. The zero-order valence-corrected chi connectivity index (χ0v) is 21.5. The number of carboxylic acid groups (broad SMARTS) is 1. The number of carboxylic acids is 1. The molecule has 0 radical (unpaired) electrons. The topological polar surface area (TPSA) is 105 Å². The lowest BCUT2D eigenvalue weighted by Crippen LogP contribution is -2.53. The van der Waals surface area contributed by atoms with E-state index in [1.807, 2.05) is 63.4 Å². The van der Waals surface area contributed by atoms with Crippen molar-refractivity contribution in [2.24, 2.45) is 5.41 Å². The van der Waals surface area contributed by atoms with Gasteiger partial charge < -0.3 is 20.5 Å². The van der Waals surface area contributed by atoms with Gasteiger partial charge in [-0.25, -0.2) is 9.59 Å². The Morgan fingerprint density at radius 2 is 1.54 bits per heavy atom. The van der Waals surface area contributed by atoms with E-state index in [1.54, 1.807) is 0 Å². The molecule has 2 amide bonds. The summed E-state index contributed by atoms with van der Waals surface area (Å²) < 4.78 is 5.60. The minimum absolute atomic E-state index is 0.0917. The number of nitrogens with one attached hydrogen (secondary N) is 2. The van der Waals surface area contributed by atoms with Gasteiger partial charge in [0.2, 0.25) is 5.91 Å². The maximum absolute atomic E-state index is 13.0. The number of thioether (sulfide) groups is 1. The third-order valence-electron chi connectivity index (χ3n) is 5.99. The molecule has 2 aromatic rings. The first kappa shape index (κ1) is 26.6. The average molecular weight is 499 g/mol. The Morgan fingerprint density at radius 1 is 0.971 bits per heavy atom. The molecule has 1 aliphatic carbocycles. The number of aliphatic carboxylic acids is 1. The molecule has 0 aliphatic heterocycles. The van der Waals surface area contributed by atoms with Crippen molar-refractivity contribution in [1.29, 1.82) is 0 Å². The van der Waals surface area contributed by atoms with Gasteiger partial charge in [-0.2, -0.15) is 11.8 Å². The van der Waals surface area contributed by atoms with Crippen molar-refractivity contribution in [3.63, 3.8) is 0 Å². The van der Waals surface area contributed by atoms with Crippen LogP contribution < -0.4 is 10.6 Å². The molecular formula is C27H34N2O5S. The molecule has 3 N–H and O–H groups in total. The van der Waals surface area contributed by atoms with E-state index in [1.165, 1.54) is 11.8 Å². The van der Waals surface area contributed by atoms with Crippen LogP contribution in [0.15, 0.2) is 48.5 Å². The van der Waals surface area contributed by atoms with E-state index in [0.717, 1.165) is 22.3 Å².